The van der Waals surface area contributed by atoms with Gasteiger partial charge in [0.25, 0.3) is 0 Å². The van der Waals surface area contributed by atoms with Crippen molar-refractivity contribution in [2.75, 3.05) is 0 Å². The Morgan fingerprint density at radius 1 is 1.76 bits per heavy atom. The largest absolute Gasteiger partial charge is 0.409 e. The van der Waals surface area contributed by atoms with E-state index in [1.54, 1.807) is 24.9 Å². The minimum atomic E-state index is -0.600. The zero-order chi connectivity index (χ0) is 12.8. The maximum Gasteiger partial charge on any atom is 0.231 e. The van der Waals surface area contributed by atoms with Crippen molar-refractivity contribution in [2.45, 2.75) is 19.9 Å². The van der Waals surface area contributed by atoms with Crippen LogP contribution < -0.4 is 11.1 Å². The highest BCUT2D eigenvalue weighted by Crippen LogP contribution is 2.04. The lowest BCUT2D eigenvalue weighted by Crippen LogP contribution is -2.38. The van der Waals surface area contributed by atoms with E-state index in [1.807, 2.05) is 6.20 Å². The molecule has 0 bridgehead atoms. The molecule has 0 aromatic carbocycles. The summed E-state index contributed by atoms with van der Waals surface area (Å²) in [5.74, 6) is -0.931. The molecule has 0 aliphatic heterocycles. The minimum Gasteiger partial charge on any atom is -0.409 e. The first-order chi connectivity index (χ1) is 8.08. The van der Waals surface area contributed by atoms with Crippen molar-refractivity contribution in [1.29, 1.82) is 0 Å². The molecule has 7 nitrogen and oxygen atoms in total. The number of carbonyl (C=O) groups excluding carboxylic acids is 1. The van der Waals surface area contributed by atoms with E-state index in [0.29, 0.717) is 13.0 Å². The highest BCUT2D eigenvalue weighted by atomic mass is 16.4. The van der Waals surface area contributed by atoms with Crippen molar-refractivity contribution in [3.63, 3.8) is 0 Å². The van der Waals surface area contributed by atoms with Gasteiger partial charge in [0.15, 0.2) is 5.84 Å². The number of amidine groups is 1. The molecule has 1 heterocycles. The number of nitrogens with two attached hydrogens (primary N) is 1. The lowest BCUT2D eigenvalue weighted by atomic mass is 10.0. The Kier molecular flexibility index (Phi) is 4.50. The van der Waals surface area contributed by atoms with E-state index in [-0.39, 0.29) is 11.7 Å². The van der Waals surface area contributed by atoms with Crippen LogP contribution in [0, 0.1) is 5.92 Å². The summed E-state index contributed by atoms with van der Waals surface area (Å²) in [7, 11) is 1.80. The van der Waals surface area contributed by atoms with Gasteiger partial charge in [0.1, 0.15) is 0 Å². The average molecular weight is 239 g/mol. The van der Waals surface area contributed by atoms with E-state index in [4.69, 9.17) is 10.9 Å². The number of nitrogens with one attached hydrogen (secondary N) is 1. The Hall–Kier alpha value is -2.05. The van der Waals surface area contributed by atoms with Gasteiger partial charge in [-0.3, -0.25) is 9.48 Å². The van der Waals surface area contributed by atoms with Gasteiger partial charge in [0, 0.05) is 25.4 Å². The molecule has 0 aliphatic rings. The number of aromatic nitrogens is 2. The van der Waals surface area contributed by atoms with Gasteiger partial charge in [-0.25, -0.2) is 0 Å². The quantitative estimate of drug-likeness (QED) is 0.286. The lowest BCUT2D eigenvalue weighted by Gasteiger charge is -2.12. The second-order valence-corrected chi connectivity index (χ2v) is 3.73. The lowest BCUT2D eigenvalue weighted by molar-refractivity contribution is -0.123. The number of amides is 1. The van der Waals surface area contributed by atoms with E-state index in [9.17, 15) is 4.79 Å². The predicted octanol–water partition coefficient (Wildman–Crippen LogP) is -0.191. The zero-order valence-corrected chi connectivity index (χ0v) is 9.92. The van der Waals surface area contributed by atoms with Crippen molar-refractivity contribution in [1.82, 2.24) is 15.1 Å². The second-order valence-electron chi connectivity index (χ2n) is 3.73. The number of oxime groups is 1. The molecule has 7 heteroatoms. The molecule has 1 aromatic heterocycles. The van der Waals surface area contributed by atoms with Gasteiger partial charge in [0.2, 0.25) is 5.91 Å². The average Bonchev–Trinajstić information content (AvgIpc) is 2.73. The number of aryl methyl sites for hydroxylation is 1. The van der Waals surface area contributed by atoms with E-state index in [2.05, 4.69) is 15.6 Å². The summed E-state index contributed by atoms with van der Waals surface area (Å²) in [6.45, 7) is 2.17. The van der Waals surface area contributed by atoms with Crippen LogP contribution in [0.2, 0.25) is 0 Å². The van der Waals surface area contributed by atoms with Gasteiger partial charge in [-0.05, 0) is 6.42 Å². The fraction of sp³-hybridized carbons (Fsp3) is 0.500. The van der Waals surface area contributed by atoms with Gasteiger partial charge in [-0.1, -0.05) is 12.1 Å². The molecule has 0 radical (unpaired) electrons. The van der Waals surface area contributed by atoms with Gasteiger partial charge < -0.3 is 16.3 Å². The van der Waals surface area contributed by atoms with Crippen LogP contribution in [0.4, 0.5) is 0 Å². The third-order valence-electron chi connectivity index (χ3n) is 2.42. The fourth-order valence-electron chi connectivity index (χ4n) is 1.47. The summed E-state index contributed by atoms with van der Waals surface area (Å²) in [4.78, 5) is 11.7. The van der Waals surface area contributed by atoms with Crippen molar-refractivity contribution in [3.8, 4) is 0 Å². The van der Waals surface area contributed by atoms with E-state index in [1.165, 1.54) is 0 Å². The van der Waals surface area contributed by atoms with E-state index < -0.39 is 5.92 Å². The second kappa shape index (κ2) is 5.88. The van der Waals surface area contributed by atoms with Crippen LogP contribution in [0.5, 0.6) is 0 Å². The molecule has 1 aromatic rings. The van der Waals surface area contributed by atoms with Crippen LogP contribution in [0.3, 0.4) is 0 Å². The molecular formula is C10H17N5O2. The smallest absolute Gasteiger partial charge is 0.231 e. The molecule has 4 N–H and O–H groups in total. The number of hydrogen-bond donors (Lipinski definition) is 3. The van der Waals surface area contributed by atoms with E-state index in [0.717, 1.165) is 5.56 Å². The Morgan fingerprint density at radius 3 is 2.94 bits per heavy atom. The topological polar surface area (TPSA) is 106 Å². The monoisotopic (exact) mass is 239 g/mol. The third kappa shape index (κ3) is 3.47. The highest BCUT2D eigenvalue weighted by molar-refractivity contribution is 6.01. The summed E-state index contributed by atoms with van der Waals surface area (Å²) >= 11 is 0. The van der Waals surface area contributed by atoms with Crippen LogP contribution in [0.1, 0.15) is 18.9 Å². The molecule has 1 rings (SSSR count). The normalized spacial score (nSPS) is 13.4. The first-order valence-corrected chi connectivity index (χ1v) is 5.31. The van der Waals surface area contributed by atoms with Crippen LogP contribution in [-0.2, 0) is 18.4 Å². The first kappa shape index (κ1) is 13.0. The molecule has 0 aliphatic carbocycles. The Balaban J connectivity index is 2.54. The Morgan fingerprint density at radius 2 is 2.47 bits per heavy atom. The van der Waals surface area contributed by atoms with Gasteiger partial charge >= 0.3 is 0 Å². The SMILES string of the molecule is CCC(C(=O)NCc1cnn(C)c1)C(N)=NO. The van der Waals surface area contributed by atoms with Crippen LogP contribution in [0.15, 0.2) is 17.5 Å². The fourth-order valence-corrected chi connectivity index (χ4v) is 1.47. The van der Waals surface area contributed by atoms with Gasteiger partial charge in [-0.2, -0.15) is 5.10 Å². The van der Waals surface area contributed by atoms with Crippen LogP contribution in [0.25, 0.3) is 0 Å². The highest BCUT2D eigenvalue weighted by Gasteiger charge is 2.20. The standard InChI is InChI=1S/C10H17N5O2/c1-3-8(9(11)14-17)10(16)12-4-7-5-13-15(2)6-7/h5-6,8,17H,3-4H2,1-2H3,(H2,11,14)(H,12,16). The first-order valence-electron chi connectivity index (χ1n) is 5.31. The number of hydrogen-bond acceptors (Lipinski definition) is 4. The predicted molar refractivity (Wildman–Crippen MR) is 62.2 cm³/mol. The molecular weight excluding hydrogens is 222 g/mol. The molecule has 1 atom stereocenters. The molecule has 1 unspecified atom stereocenters. The van der Waals surface area contributed by atoms with Gasteiger partial charge in [-0.15, -0.1) is 0 Å². The van der Waals surface area contributed by atoms with Crippen molar-refractivity contribution in [2.24, 2.45) is 23.9 Å². The van der Waals surface area contributed by atoms with Crippen LogP contribution in [-0.4, -0.2) is 26.7 Å². The summed E-state index contributed by atoms with van der Waals surface area (Å²) in [5.41, 5.74) is 6.32. The molecule has 1 amide bonds. The number of carbonyl (C=O) groups is 1. The Bertz CT molecular complexity index is 413. The van der Waals surface area contributed by atoms with E-state index >= 15 is 0 Å². The summed E-state index contributed by atoms with van der Waals surface area (Å²) in [6, 6.07) is 0. The van der Waals surface area contributed by atoms with Gasteiger partial charge in [0.05, 0.1) is 12.1 Å². The number of nitrogens with zero attached hydrogens (tertiary/aromatic N) is 3. The summed E-state index contributed by atoms with van der Waals surface area (Å²) in [6.07, 6.45) is 3.96. The maximum atomic E-state index is 11.7. The molecule has 0 spiro atoms. The number of rotatable bonds is 5. The molecule has 0 fully saturated rings. The van der Waals surface area contributed by atoms with Crippen molar-refractivity contribution >= 4 is 11.7 Å². The molecule has 17 heavy (non-hydrogen) atoms. The molecule has 0 saturated heterocycles. The zero-order valence-electron chi connectivity index (χ0n) is 9.92. The minimum absolute atomic E-state index is 0.0730. The molecule has 0 saturated carbocycles. The molecule has 94 valence electrons. The maximum absolute atomic E-state index is 11.7. The van der Waals surface area contributed by atoms with Crippen LogP contribution >= 0.6 is 0 Å². The third-order valence-corrected chi connectivity index (χ3v) is 2.42. The van der Waals surface area contributed by atoms with Crippen molar-refractivity contribution < 1.29 is 10.0 Å². The Labute approximate surface area is 99.3 Å². The van der Waals surface area contributed by atoms with Crippen molar-refractivity contribution in [3.05, 3.63) is 18.0 Å². The summed E-state index contributed by atoms with van der Waals surface area (Å²) < 4.78 is 1.66. The summed E-state index contributed by atoms with van der Waals surface area (Å²) in [5, 5.41) is 18.1.